The summed E-state index contributed by atoms with van der Waals surface area (Å²) in [7, 11) is -3.71. The molecule has 0 radical (unpaired) electrons. The lowest BCUT2D eigenvalue weighted by Crippen LogP contribution is -2.34. The van der Waals surface area contributed by atoms with Crippen LogP contribution >= 0.6 is 0 Å². The van der Waals surface area contributed by atoms with E-state index in [1.807, 2.05) is 6.92 Å². The van der Waals surface area contributed by atoms with E-state index < -0.39 is 22.1 Å². The van der Waals surface area contributed by atoms with Crippen LogP contribution in [0.1, 0.15) is 36.5 Å². The molecule has 0 aromatic heterocycles. The van der Waals surface area contributed by atoms with Crippen LogP contribution < -0.4 is 10.0 Å². The van der Waals surface area contributed by atoms with Crippen molar-refractivity contribution in [3.63, 3.8) is 0 Å². The molecule has 0 bridgehead atoms. The van der Waals surface area contributed by atoms with Crippen molar-refractivity contribution in [1.82, 2.24) is 10.0 Å². The van der Waals surface area contributed by atoms with Gasteiger partial charge in [0.15, 0.2) is 0 Å². The van der Waals surface area contributed by atoms with Gasteiger partial charge in [-0.25, -0.2) is 13.1 Å². The molecule has 2 aromatic rings. The summed E-state index contributed by atoms with van der Waals surface area (Å²) in [6.07, 6.45) is 0.591. The zero-order chi connectivity index (χ0) is 20.9. The molecule has 1 atom stereocenters. The Balaban J connectivity index is 1.57. The van der Waals surface area contributed by atoms with Crippen LogP contribution in [0, 0.1) is 6.92 Å². The van der Waals surface area contributed by atoms with E-state index in [0.29, 0.717) is 5.56 Å². The fourth-order valence-electron chi connectivity index (χ4n) is 2.68. The van der Waals surface area contributed by atoms with Gasteiger partial charge in [0.1, 0.15) is 0 Å². The van der Waals surface area contributed by atoms with Crippen molar-refractivity contribution in [3.8, 4) is 0 Å². The fraction of sp³-hybridized carbons (Fsp3) is 0.333. The number of nitrogens with one attached hydrogen (secondary N) is 2. The van der Waals surface area contributed by atoms with Crippen molar-refractivity contribution in [2.45, 2.75) is 43.2 Å². The minimum Gasteiger partial charge on any atom is -0.447 e. The lowest BCUT2D eigenvalue weighted by molar-refractivity contribution is -0.156. The Hall–Kier alpha value is -2.71. The van der Waals surface area contributed by atoms with Gasteiger partial charge in [-0.3, -0.25) is 9.59 Å². The quantitative estimate of drug-likeness (QED) is 0.611. The molecule has 0 saturated heterocycles. The maximum atomic E-state index is 12.5. The summed E-state index contributed by atoms with van der Waals surface area (Å²) >= 11 is 0. The van der Waals surface area contributed by atoms with Gasteiger partial charge in [-0.1, -0.05) is 48.0 Å². The average molecular weight is 416 g/mol. The third-order valence-corrected chi connectivity index (χ3v) is 5.94. The van der Waals surface area contributed by atoms with Gasteiger partial charge in [0.2, 0.25) is 16.1 Å². The van der Waals surface area contributed by atoms with Crippen molar-refractivity contribution < 1.29 is 22.7 Å². The number of carbonyl (C=O) groups excluding carboxylic acids is 2. The van der Waals surface area contributed by atoms with Crippen molar-refractivity contribution in [2.24, 2.45) is 0 Å². The van der Waals surface area contributed by atoms with Crippen LogP contribution in [0.25, 0.3) is 0 Å². The van der Waals surface area contributed by atoms with Crippen molar-refractivity contribution >= 4 is 21.9 Å². The molecule has 1 aliphatic rings. The largest absolute Gasteiger partial charge is 0.447 e. The minimum absolute atomic E-state index is 0.124. The highest BCUT2D eigenvalue weighted by atomic mass is 32.2. The zero-order valence-corrected chi connectivity index (χ0v) is 16.9. The molecule has 1 amide bonds. The van der Waals surface area contributed by atoms with E-state index >= 15 is 0 Å². The number of aryl methyl sites for hydroxylation is 1. The summed E-state index contributed by atoms with van der Waals surface area (Å²) in [4.78, 5) is 24.9. The van der Waals surface area contributed by atoms with E-state index in [4.69, 9.17) is 4.74 Å². The molecule has 0 heterocycles. The number of ether oxygens (including phenoxy) is 1. The van der Waals surface area contributed by atoms with Crippen LogP contribution in [0.3, 0.4) is 0 Å². The molecule has 3 rings (SSSR count). The summed E-state index contributed by atoms with van der Waals surface area (Å²) in [5.74, 6) is -1.02. The number of carbonyl (C=O) groups is 2. The highest BCUT2D eigenvalue weighted by Gasteiger charge is 2.30. The number of benzene rings is 2. The molecule has 1 saturated carbocycles. The number of amides is 1. The van der Waals surface area contributed by atoms with Crippen LogP contribution in [-0.2, 0) is 24.3 Å². The Labute approximate surface area is 170 Å². The lowest BCUT2D eigenvalue weighted by Gasteiger charge is -2.18. The van der Waals surface area contributed by atoms with Crippen molar-refractivity contribution in [2.75, 3.05) is 6.54 Å². The predicted molar refractivity (Wildman–Crippen MR) is 107 cm³/mol. The topological polar surface area (TPSA) is 102 Å². The highest BCUT2D eigenvalue weighted by Crippen LogP contribution is 2.23. The van der Waals surface area contributed by atoms with Crippen LogP contribution in [0.15, 0.2) is 59.5 Å². The van der Waals surface area contributed by atoms with Gasteiger partial charge in [-0.05, 0) is 31.9 Å². The Bertz CT molecular complexity index is 954. The van der Waals surface area contributed by atoms with E-state index in [1.54, 1.807) is 42.5 Å². The zero-order valence-electron chi connectivity index (χ0n) is 16.1. The summed E-state index contributed by atoms with van der Waals surface area (Å²) in [6.45, 7) is 1.74. The standard InChI is InChI=1S/C21H24N2O5S/c1-15-7-11-18(12-8-15)29(26,27)22-14-13-19(24)28-20(16-5-3-2-4-6-16)21(25)23-17-9-10-17/h2-8,11-12,17,20,22H,9-10,13-14H2,1H3,(H,23,25)/t20-/m0/s1. The van der Waals surface area contributed by atoms with Gasteiger partial charge < -0.3 is 10.1 Å². The van der Waals surface area contributed by atoms with E-state index in [0.717, 1.165) is 18.4 Å². The molecule has 154 valence electrons. The second kappa shape index (κ2) is 9.19. The molecule has 0 unspecified atom stereocenters. The number of esters is 1. The summed E-state index contributed by atoms with van der Waals surface area (Å²) < 4.78 is 32.3. The second-order valence-corrected chi connectivity index (χ2v) is 8.79. The molecule has 1 fully saturated rings. The van der Waals surface area contributed by atoms with Gasteiger partial charge in [0.25, 0.3) is 5.91 Å². The third-order valence-electron chi connectivity index (χ3n) is 4.47. The first-order valence-electron chi connectivity index (χ1n) is 9.46. The van der Waals surface area contributed by atoms with Crippen LogP contribution in [0.4, 0.5) is 0 Å². The maximum Gasteiger partial charge on any atom is 0.308 e. The molecule has 29 heavy (non-hydrogen) atoms. The summed E-state index contributed by atoms with van der Waals surface area (Å²) in [5, 5.41) is 2.84. The van der Waals surface area contributed by atoms with Crippen molar-refractivity contribution in [3.05, 3.63) is 65.7 Å². The monoisotopic (exact) mass is 416 g/mol. The van der Waals surface area contributed by atoms with E-state index in [1.165, 1.54) is 12.1 Å². The van der Waals surface area contributed by atoms with E-state index in [9.17, 15) is 18.0 Å². The first-order chi connectivity index (χ1) is 13.8. The highest BCUT2D eigenvalue weighted by molar-refractivity contribution is 7.89. The molecular formula is C21H24N2O5S. The molecule has 2 aromatic carbocycles. The minimum atomic E-state index is -3.71. The smallest absolute Gasteiger partial charge is 0.308 e. The van der Waals surface area contributed by atoms with E-state index in [2.05, 4.69) is 10.0 Å². The van der Waals surface area contributed by atoms with Gasteiger partial charge in [-0.15, -0.1) is 0 Å². The normalized spacial score (nSPS) is 14.8. The van der Waals surface area contributed by atoms with Gasteiger partial charge in [0, 0.05) is 18.2 Å². The Morgan fingerprint density at radius 3 is 2.34 bits per heavy atom. The third kappa shape index (κ3) is 6.13. The van der Waals surface area contributed by atoms with Gasteiger partial charge >= 0.3 is 5.97 Å². The van der Waals surface area contributed by atoms with Gasteiger partial charge in [0.05, 0.1) is 11.3 Å². The SMILES string of the molecule is Cc1ccc(S(=O)(=O)NCCC(=O)O[C@H](C(=O)NC2CC2)c2ccccc2)cc1. The Morgan fingerprint density at radius 2 is 1.72 bits per heavy atom. The number of hydrogen-bond acceptors (Lipinski definition) is 5. The number of sulfonamides is 1. The van der Waals surface area contributed by atoms with Crippen LogP contribution in [-0.4, -0.2) is 32.9 Å². The molecule has 0 spiro atoms. The molecule has 0 aliphatic heterocycles. The van der Waals surface area contributed by atoms with Crippen LogP contribution in [0.5, 0.6) is 0 Å². The predicted octanol–water partition coefficient (Wildman–Crippen LogP) is 2.23. The number of hydrogen-bond donors (Lipinski definition) is 2. The first-order valence-corrected chi connectivity index (χ1v) is 10.9. The average Bonchev–Trinajstić information content (AvgIpc) is 3.51. The van der Waals surface area contributed by atoms with E-state index in [-0.39, 0.29) is 29.8 Å². The molecule has 2 N–H and O–H groups in total. The molecular weight excluding hydrogens is 392 g/mol. The van der Waals surface area contributed by atoms with Crippen molar-refractivity contribution in [1.29, 1.82) is 0 Å². The van der Waals surface area contributed by atoms with Gasteiger partial charge in [-0.2, -0.15) is 0 Å². The van der Waals surface area contributed by atoms with Crippen LogP contribution in [0.2, 0.25) is 0 Å². The summed E-state index contributed by atoms with van der Waals surface area (Å²) in [6, 6.07) is 15.3. The first kappa shape index (κ1) is 21.0. The lowest BCUT2D eigenvalue weighted by atomic mass is 10.1. The molecule has 1 aliphatic carbocycles. The second-order valence-electron chi connectivity index (χ2n) is 7.02. The maximum absolute atomic E-state index is 12.5. The fourth-order valence-corrected chi connectivity index (χ4v) is 3.72. The summed E-state index contributed by atoms with van der Waals surface area (Å²) in [5.41, 5.74) is 1.52. The number of rotatable bonds is 9. The Kier molecular flexibility index (Phi) is 6.66. The Morgan fingerprint density at radius 1 is 1.07 bits per heavy atom. The molecule has 7 nitrogen and oxygen atoms in total. The molecule has 8 heteroatoms.